The first-order valence-corrected chi connectivity index (χ1v) is 30.0. The van der Waals surface area contributed by atoms with Crippen LogP contribution < -0.4 is 0 Å². The van der Waals surface area contributed by atoms with Crippen LogP contribution in [-0.2, 0) is 0 Å². The Kier molecular flexibility index (Phi) is 10.3. The fourth-order valence-corrected chi connectivity index (χ4v) is 3.66. The molecule has 0 unspecified atom stereocenters. The summed E-state index contributed by atoms with van der Waals surface area (Å²) >= 11 is 19.0. The molecule has 0 heterocycles. The average molecular weight is 751 g/mol. The van der Waals surface area contributed by atoms with Gasteiger partial charge in [0.15, 0.2) is 5.71 Å². The quantitative estimate of drug-likeness (QED) is 0.109. The molecular formula is C22H18Cl9N2Sb. The minimum absolute atomic E-state index is 0.443. The first-order valence-electron chi connectivity index (χ1n) is 9.43. The summed E-state index contributed by atoms with van der Waals surface area (Å²) in [6.45, 7) is 3.91. The van der Waals surface area contributed by atoms with Gasteiger partial charge in [0.2, 0.25) is 0 Å². The van der Waals surface area contributed by atoms with E-state index in [1.54, 1.807) is 16.8 Å². The number of rotatable bonds is 4. The van der Waals surface area contributed by atoms with Crippen LogP contribution in [0.1, 0.15) is 25.0 Å². The van der Waals surface area contributed by atoms with Gasteiger partial charge in [-0.05, 0) is 12.1 Å². The Balaban J connectivity index is 0.000000509. The van der Waals surface area contributed by atoms with Gasteiger partial charge in [-0.3, -0.25) is 0 Å². The number of hydrogen-bond acceptors (Lipinski definition) is 1. The first kappa shape index (κ1) is 30.7. The Hall–Kier alpha value is 0.428. The van der Waals surface area contributed by atoms with Gasteiger partial charge in [-0.25, -0.2) is 0 Å². The molecule has 0 spiro atoms. The van der Waals surface area contributed by atoms with Crippen LogP contribution in [0, 0.1) is 0 Å². The van der Waals surface area contributed by atoms with Crippen LogP contribution in [0.2, 0.25) is 15.1 Å². The van der Waals surface area contributed by atoms with E-state index < -0.39 is 9.14 Å². The van der Waals surface area contributed by atoms with E-state index in [1.807, 2.05) is 74.5 Å². The van der Waals surface area contributed by atoms with Gasteiger partial charge >= 0.3 is 62.1 Å². The zero-order valence-corrected chi connectivity index (χ0v) is 27.0. The molecule has 3 rings (SSSR count). The van der Waals surface area contributed by atoms with Crippen LogP contribution in [0.4, 0.5) is 5.69 Å². The van der Waals surface area contributed by atoms with Crippen molar-refractivity contribution in [2.75, 3.05) is 0 Å². The van der Waals surface area contributed by atoms with E-state index in [4.69, 9.17) is 92.9 Å². The predicted molar refractivity (Wildman–Crippen MR) is 157 cm³/mol. The summed E-state index contributed by atoms with van der Waals surface area (Å²) in [5.41, 5.74) is 4.34. The van der Waals surface area contributed by atoms with Crippen molar-refractivity contribution in [3.05, 3.63) is 99.0 Å². The molecule has 12 heteroatoms. The zero-order valence-electron chi connectivity index (χ0n) is 17.7. The van der Waals surface area contributed by atoms with E-state index >= 15 is 0 Å². The molecule has 184 valence electrons. The second-order valence-corrected chi connectivity index (χ2v) is 65.3. The topological polar surface area (TPSA) is 15.4 Å². The van der Waals surface area contributed by atoms with Crippen LogP contribution in [0.25, 0.3) is 0 Å². The molecule has 0 bridgehead atoms. The normalized spacial score (nSPS) is 13.0. The van der Waals surface area contributed by atoms with Crippen LogP contribution in [0.3, 0.4) is 0 Å². The summed E-state index contributed by atoms with van der Waals surface area (Å²) in [4.78, 5) is 0. The average Bonchev–Trinajstić information content (AvgIpc) is 2.68. The molecule has 0 aliphatic carbocycles. The summed E-state index contributed by atoms with van der Waals surface area (Å²) in [6, 6.07) is 23.4. The molecular weight excluding hydrogens is 733 g/mol. The van der Waals surface area contributed by atoms with E-state index in [1.165, 1.54) is 0 Å². The molecule has 0 aromatic heterocycles. The number of hydrazone groups is 1. The zero-order chi connectivity index (χ0) is 25.8. The van der Waals surface area contributed by atoms with Gasteiger partial charge in [0.05, 0.1) is 0 Å². The fourth-order valence-electron chi connectivity index (χ4n) is 2.68. The van der Waals surface area contributed by atoms with Crippen molar-refractivity contribution < 1.29 is 4.68 Å². The minimum atomic E-state index is -5.42. The molecule has 0 aliphatic rings. The Morgan fingerprint density at radius 2 is 1.03 bits per heavy atom. The van der Waals surface area contributed by atoms with Crippen molar-refractivity contribution in [2.24, 2.45) is 5.10 Å². The number of hydrogen-bond donors (Lipinski definition) is 0. The van der Waals surface area contributed by atoms with Crippen molar-refractivity contribution in [3.63, 3.8) is 0 Å². The summed E-state index contributed by atoms with van der Waals surface area (Å²) < 4.78 is 1.76. The second kappa shape index (κ2) is 11.4. The summed E-state index contributed by atoms with van der Waals surface area (Å²) in [5, 5.41) is 6.31. The maximum atomic E-state index is 6.46. The van der Waals surface area contributed by atoms with Gasteiger partial charge in [0.1, 0.15) is 15.8 Å². The van der Waals surface area contributed by atoms with Crippen molar-refractivity contribution in [3.8, 4) is 0 Å². The van der Waals surface area contributed by atoms with E-state index in [2.05, 4.69) is 0 Å². The molecule has 0 radical (unpaired) electrons. The van der Waals surface area contributed by atoms with E-state index in [-0.39, 0.29) is 0 Å². The van der Waals surface area contributed by atoms with Gasteiger partial charge in [-0.2, -0.15) is 0 Å². The summed E-state index contributed by atoms with van der Waals surface area (Å²) in [5.74, 6) is 0. The fraction of sp³-hybridized carbons (Fsp3) is 0.0909. The van der Waals surface area contributed by atoms with Crippen molar-refractivity contribution in [2.45, 2.75) is 13.8 Å². The van der Waals surface area contributed by atoms with Gasteiger partial charge in [0, 0.05) is 35.1 Å². The number of nitrogens with zero attached hydrogens (tertiary/aromatic N) is 2. The maximum absolute atomic E-state index is 6.46. The molecule has 0 amide bonds. The van der Waals surface area contributed by atoms with Crippen LogP contribution in [0.15, 0.2) is 77.9 Å². The second-order valence-electron chi connectivity index (χ2n) is 7.12. The van der Waals surface area contributed by atoms with Gasteiger partial charge in [0.25, 0.3) is 5.69 Å². The van der Waals surface area contributed by atoms with Crippen LogP contribution >= 0.6 is 87.8 Å². The molecule has 0 fully saturated rings. The van der Waals surface area contributed by atoms with Crippen LogP contribution in [-0.4, -0.2) is 25.2 Å². The van der Waals surface area contributed by atoms with E-state index in [0.29, 0.717) is 20.8 Å². The van der Waals surface area contributed by atoms with Gasteiger partial charge in [-0.1, -0.05) is 100 Å². The molecule has 3 aromatic rings. The number of benzene rings is 3. The molecule has 3 aromatic carbocycles. The Morgan fingerprint density at radius 1 is 0.676 bits per heavy atom. The molecule has 2 nitrogen and oxygen atoms in total. The van der Waals surface area contributed by atoms with Gasteiger partial charge in [-0.15, -0.1) is 0 Å². The molecule has 34 heavy (non-hydrogen) atoms. The van der Waals surface area contributed by atoms with Crippen molar-refractivity contribution >= 4 is 114 Å². The molecule has 0 N–H and O–H groups in total. The van der Waals surface area contributed by atoms with E-state index in [0.717, 1.165) is 22.6 Å². The van der Waals surface area contributed by atoms with E-state index in [9.17, 15) is 0 Å². The van der Waals surface area contributed by atoms with Gasteiger partial charge < -0.3 is 0 Å². The molecule has 0 atom stereocenters. The number of halogens is 9. The Morgan fingerprint density at radius 3 is 1.35 bits per heavy atom. The van der Waals surface area contributed by atoms with Crippen LogP contribution in [0.5, 0.6) is 0 Å². The third-order valence-corrected chi connectivity index (χ3v) is 4.71. The molecule has 0 saturated carbocycles. The monoisotopic (exact) mass is 746 g/mol. The summed E-state index contributed by atoms with van der Waals surface area (Å²) in [7, 11) is 25.0. The predicted octanol–water partition coefficient (Wildman–Crippen LogP) is 11.0. The Labute approximate surface area is 234 Å². The van der Waals surface area contributed by atoms with Crippen molar-refractivity contribution in [1.29, 1.82) is 0 Å². The third-order valence-electron chi connectivity index (χ3n) is 3.91. The molecule has 0 saturated heterocycles. The molecule has 0 aliphatic heterocycles. The third kappa shape index (κ3) is 11.7. The van der Waals surface area contributed by atoms with Crippen molar-refractivity contribution in [1.82, 2.24) is 0 Å². The summed E-state index contributed by atoms with van der Waals surface area (Å²) in [6.07, 6.45) is 0. The standard InChI is InChI=1S/C22H18Cl3N2.6ClH.Sb/c1-15(2)27(22-19(24)13-18(23)14-20(22)25)26-21(16-9-5-3-6-10-16)17-11-7-4-8-12-17;;;;;;;/h3-14H,1-2H3;6*1H;/q+1;;;;;;;+5/p-6. The first-order chi connectivity index (χ1) is 15.4. The SMILES string of the molecule is CC(C)=[N+](N=C(c1ccccc1)c1ccccc1)c1c(Cl)cc(Cl)cc1Cl.[Cl][Sb-]([Cl])([Cl])([Cl])([Cl])[Cl]. The Bertz CT molecular complexity index is 1140.